The van der Waals surface area contributed by atoms with Crippen molar-refractivity contribution >= 4 is 10.9 Å². The molecule has 1 aliphatic heterocycles. The van der Waals surface area contributed by atoms with Crippen LogP contribution in [0, 0.1) is 19.7 Å². The number of fused-ring (bicyclic) bond motifs is 1. The van der Waals surface area contributed by atoms with Gasteiger partial charge in [-0.1, -0.05) is 18.2 Å². The summed E-state index contributed by atoms with van der Waals surface area (Å²) in [5, 5.41) is 13.3. The summed E-state index contributed by atoms with van der Waals surface area (Å²) in [7, 11) is 0. The highest BCUT2D eigenvalue weighted by Crippen LogP contribution is 2.20. The topological polar surface area (TPSA) is 88.9 Å². The molecule has 1 atom stereocenters. The van der Waals surface area contributed by atoms with E-state index in [1.807, 2.05) is 26.0 Å². The Hall–Kier alpha value is -3.43. The number of benzene rings is 2. The maximum absolute atomic E-state index is 13.5. The molecule has 2 aromatic carbocycles. The SMILES string of the molecule is Cc1cc(C)c2cc(CN(Cc3ccc(F)cc3)Cc3nnnn3C[C@H]3CCCO3)c(=O)[nH]c2c1. The quantitative estimate of drug-likeness (QED) is 0.418. The zero-order valence-electron chi connectivity index (χ0n) is 20.0. The molecule has 0 amide bonds. The lowest BCUT2D eigenvalue weighted by Gasteiger charge is -2.22. The first-order valence-electron chi connectivity index (χ1n) is 11.9. The van der Waals surface area contributed by atoms with Crippen LogP contribution >= 0.6 is 0 Å². The molecule has 182 valence electrons. The van der Waals surface area contributed by atoms with Crippen LogP contribution in [0.4, 0.5) is 4.39 Å². The maximum Gasteiger partial charge on any atom is 0.252 e. The standard InChI is InChI=1S/C26H29FN6O2/c1-17-10-18(2)23-12-20(26(34)28-24(23)11-17)14-32(13-19-5-7-21(27)8-6-19)16-25-29-30-31-33(25)15-22-4-3-9-35-22/h5-8,10-12,22H,3-4,9,13-16H2,1-2H3,(H,28,34)/t22-/m1/s1. The second kappa shape index (κ2) is 10.1. The van der Waals surface area contributed by atoms with Crippen molar-refractivity contribution in [3.8, 4) is 0 Å². The molecule has 0 unspecified atom stereocenters. The monoisotopic (exact) mass is 476 g/mol. The van der Waals surface area contributed by atoms with Crippen molar-refractivity contribution in [1.82, 2.24) is 30.1 Å². The van der Waals surface area contributed by atoms with Gasteiger partial charge in [0.05, 0.1) is 19.2 Å². The van der Waals surface area contributed by atoms with Gasteiger partial charge in [0.2, 0.25) is 0 Å². The average molecular weight is 477 g/mol. The number of nitrogens with one attached hydrogen (secondary N) is 1. The maximum atomic E-state index is 13.5. The zero-order valence-corrected chi connectivity index (χ0v) is 20.0. The number of nitrogens with zero attached hydrogens (tertiary/aromatic N) is 5. The highest BCUT2D eigenvalue weighted by molar-refractivity contribution is 5.83. The van der Waals surface area contributed by atoms with E-state index < -0.39 is 0 Å². The normalized spacial score (nSPS) is 15.9. The van der Waals surface area contributed by atoms with Crippen molar-refractivity contribution < 1.29 is 9.13 Å². The second-order valence-electron chi connectivity index (χ2n) is 9.35. The van der Waals surface area contributed by atoms with Crippen molar-refractivity contribution in [2.24, 2.45) is 0 Å². The van der Waals surface area contributed by atoms with Crippen LogP contribution in [0.25, 0.3) is 10.9 Å². The summed E-state index contributed by atoms with van der Waals surface area (Å²) in [5.74, 6) is 0.421. The second-order valence-corrected chi connectivity index (χ2v) is 9.35. The Morgan fingerprint density at radius 3 is 2.74 bits per heavy atom. The molecule has 1 fully saturated rings. The smallest absolute Gasteiger partial charge is 0.252 e. The Morgan fingerprint density at radius 2 is 1.97 bits per heavy atom. The summed E-state index contributed by atoms with van der Waals surface area (Å²) >= 11 is 0. The fraction of sp³-hybridized carbons (Fsp3) is 0.385. The molecular formula is C26H29FN6O2. The lowest BCUT2D eigenvalue weighted by atomic mass is 10.0. The fourth-order valence-electron chi connectivity index (χ4n) is 4.75. The number of pyridine rings is 1. The Morgan fingerprint density at radius 1 is 1.14 bits per heavy atom. The number of aromatic amines is 1. The van der Waals surface area contributed by atoms with Gasteiger partial charge in [0.15, 0.2) is 5.82 Å². The van der Waals surface area contributed by atoms with E-state index in [-0.39, 0.29) is 17.5 Å². The minimum absolute atomic E-state index is 0.109. The predicted octanol–water partition coefficient (Wildman–Crippen LogP) is 3.65. The number of H-pyrrole nitrogens is 1. The number of hydrogen-bond donors (Lipinski definition) is 1. The van der Waals surface area contributed by atoms with Crippen molar-refractivity contribution in [1.29, 1.82) is 0 Å². The number of rotatable bonds is 8. The lowest BCUT2D eigenvalue weighted by molar-refractivity contribution is 0.0914. The summed E-state index contributed by atoms with van der Waals surface area (Å²) in [6.07, 6.45) is 2.14. The van der Waals surface area contributed by atoms with Crippen LogP contribution in [0.15, 0.2) is 47.3 Å². The molecule has 1 N–H and O–H groups in total. The van der Waals surface area contributed by atoms with Crippen molar-refractivity contribution in [3.05, 3.63) is 86.7 Å². The minimum atomic E-state index is -0.280. The number of ether oxygens (including phenoxy) is 1. The van der Waals surface area contributed by atoms with E-state index >= 15 is 0 Å². The van der Waals surface area contributed by atoms with E-state index in [9.17, 15) is 9.18 Å². The molecule has 1 aliphatic rings. The fourth-order valence-corrected chi connectivity index (χ4v) is 4.75. The number of aryl methyl sites for hydroxylation is 2. The van der Waals surface area contributed by atoms with Gasteiger partial charge >= 0.3 is 0 Å². The number of halogens is 1. The summed E-state index contributed by atoms with van der Waals surface area (Å²) in [6.45, 7) is 6.77. The van der Waals surface area contributed by atoms with E-state index in [2.05, 4.69) is 31.5 Å². The largest absolute Gasteiger partial charge is 0.376 e. The number of aromatic nitrogens is 5. The molecule has 9 heteroatoms. The highest BCUT2D eigenvalue weighted by atomic mass is 19.1. The van der Waals surface area contributed by atoms with Crippen molar-refractivity contribution in [2.75, 3.05) is 6.61 Å². The number of hydrogen-bond acceptors (Lipinski definition) is 6. The Balaban J connectivity index is 1.44. The van der Waals surface area contributed by atoms with Gasteiger partial charge in [-0.15, -0.1) is 5.10 Å². The Kier molecular flexibility index (Phi) is 6.70. The molecule has 4 aromatic rings. The van der Waals surface area contributed by atoms with Crippen LogP contribution in [-0.4, -0.2) is 42.8 Å². The van der Waals surface area contributed by atoms with Gasteiger partial charge in [0.25, 0.3) is 5.56 Å². The van der Waals surface area contributed by atoms with Gasteiger partial charge in [0.1, 0.15) is 5.82 Å². The third-order valence-corrected chi connectivity index (χ3v) is 6.47. The van der Waals surface area contributed by atoms with Crippen LogP contribution in [0.1, 0.15) is 40.9 Å². The van der Waals surface area contributed by atoms with Gasteiger partial charge in [-0.2, -0.15) is 0 Å². The van der Waals surface area contributed by atoms with Crippen LogP contribution in [0.2, 0.25) is 0 Å². The van der Waals surface area contributed by atoms with Gasteiger partial charge < -0.3 is 9.72 Å². The molecule has 1 saturated heterocycles. The lowest BCUT2D eigenvalue weighted by Crippen LogP contribution is -2.29. The first-order chi connectivity index (χ1) is 16.9. The molecule has 0 saturated carbocycles. The molecule has 0 radical (unpaired) electrons. The Bertz CT molecular complexity index is 1380. The summed E-state index contributed by atoms with van der Waals surface area (Å²) in [6, 6.07) is 12.5. The van der Waals surface area contributed by atoms with Crippen molar-refractivity contribution in [2.45, 2.75) is 59.0 Å². The summed E-state index contributed by atoms with van der Waals surface area (Å²) in [5.41, 5.74) is 4.53. The molecule has 0 bridgehead atoms. The molecule has 3 heterocycles. The third-order valence-electron chi connectivity index (χ3n) is 6.47. The summed E-state index contributed by atoms with van der Waals surface area (Å²) in [4.78, 5) is 18.1. The number of tetrazole rings is 1. The first kappa shape index (κ1) is 23.3. The molecule has 5 rings (SSSR count). The zero-order chi connectivity index (χ0) is 24.4. The minimum Gasteiger partial charge on any atom is -0.376 e. The van der Waals surface area contributed by atoms with Crippen LogP contribution in [0.3, 0.4) is 0 Å². The van der Waals surface area contributed by atoms with Crippen molar-refractivity contribution in [3.63, 3.8) is 0 Å². The van der Waals surface area contributed by atoms with E-state index in [1.54, 1.807) is 16.8 Å². The molecule has 0 aliphatic carbocycles. The average Bonchev–Trinajstić information content (AvgIpc) is 3.49. The van der Waals surface area contributed by atoms with Crippen LogP contribution in [0.5, 0.6) is 0 Å². The molecule has 0 spiro atoms. The van der Waals surface area contributed by atoms with E-state index in [0.717, 1.165) is 47.0 Å². The molecule has 35 heavy (non-hydrogen) atoms. The predicted molar refractivity (Wildman–Crippen MR) is 130 cm³/mol. The third kappa shape index (κ3) is 5.47. The first-order valence-corrected chi connectivity index (χ1v) is 11.9. The molecular weight excluding hydrogens is 447 g/mol. The van der Waals surface area contributed by atoms with Gasteiger partial charge in [-0.05, 0) is 78.1 Å². The van der Waals surface area contributed by atoms with Crippen LogP contribution in [-0.2, 0) is 30.9 Å². The summed E-state index contributed by atoms with van der Waals surface area (Å²) < 4.78 is 21.0. The van der Waals surface area contributed by atoms with Gasteiger partial charge in [-0.3, -0.25) is 9.69 Å². The molecule has 2 aromatic heterocycles. The van der Waals surface area contributed by atoms with E-state index in [4.69, 9.17) is 4.74 Å². The van der Waals surface area contributed by atoms with Crippen LogP contribution < -0.4 is 5.56 Å². The Labute approximate surface area is 202 Å². The van der Waals surface area contributed by atoms with E-state index in [1.165, 1.54) is 12.1 Å². The highest BCUT2D eigenvalue weighted by Gasteiger charge is 2.21. The van der Waals surface area contributed by atoms with Gasteiger partial charge in [0, 0.05) is 36.2 Å². The van der Waals surface area contributed by atoms with Gasteiger partial charge in [-0.25, -0.2) is 9.07 Å². The van der Waals surface area contributed by atoms with E-state index in [0.29, 0.717) is 37.6 Å². The molecule has 8 nitrogen and oxygen atoms in total.